The zero-order chi connectivity index (χ0) is 9.10. The highest BCUT2D eigenvalue weighted by Crippen LogP contribution is 2.20. The Labute approximate surface area is 79.0 Å². The second kappa shape index (κ2) is 3.53. The monoisotopic (exact) mass is 193 g/mol. The highest BCUT2D eigenvalue weighted by molar-refractivity contribution is 7.99. The fraction of sp³-hybridized carbons (Fsp3) is 0.143. The number of aryl methyl sites for hydroxylation is 1. The Morgan fingerprint density at radius 3 is 2.92 bits per heavy atom. The number of hydrogen-bond donors (Lipinski definition) is 1. The van der Waals surface area contributed by atoms with E-state index in [4.69, 9.17) is 0 Å². The summed E-state index contributed by atoms with van der Waals surface area (Å²) in [5.41, 5.74) is 0. The van der Waals surface area contributed by atoms with Gasteiger partial charge in [0.15, 0.2) is 0 Å². The lowest BCUT2D eigenvalue weighted by Crippen LogP contribution is -1.81. The van der Waals surface area contributed by atoms with Gasteiger partial charge < -0.3 is 0 Å². The Hall–Kier alpha value is -1.43. The van der Waals surface area contributed by atoms with Crippen LogP contribution in [0.25, 0.3) is 0 Å². The molecule has 1 N–H and O–H groups in total. The first kappa shape index (κ1) is 8.18. The molecule has 0 unspecified atom stereocenters. The molecule has 0 atom stereocenters. The molecule has 2 aromatic heterocycles. The predicted octanol–water partition coefficient (Wildman–Crippen LogP) is 1.05. The Kier molecular flexibility index (Phi) is 2.22. The van der Waals surface area contributed by atoms with Crippen LogP contribution in [0.4, 0.5) is 0 Å². The fourth-order valence-electron chi connectivity index (χ4n) is 0.799. The first-order valence-electron chi connectivity index (χ1n) is 3.67. The summed E-state index contributed by atoms with van der Waals surface area (Å²) in [6, 6.07) is 0. The normalized spacial score (nSPS) is 10.2. The number of hydrogen-bond acceptors (Lipinski definition) is 5. The van der Waals surface area contributed by atoms with Gasteiger partial charge in [-0.05, 0) is 18.7 Å². The van der Waals surface area contributed by atoms with Gasteiger partial charge in [-0.15, -0.1) is 5.10 Å². The van der Waals surface area contributed by atoms with Crippen LogP contribution in [0.15, 0.2) is 28.8 Å². The maximum Gasteiger partial charge on any atom is 0.214 e. The van der Waals surface area contributed by atoms with Gasteiger partial charge in [0.25, 0.3) is 0 Å². The SMILES string of the molecule is Cc1nc(Sc2cnccn2)n[nH]1. The van der Waals surface area contributed by atoms with Gasteiger partial charge in [0.2, 0.25) is 5.16 Å². The molecule has 0 saturated carbocycles. The maximum absolute atomic E-state index is 4.13. The molecule has 6 heteroatoms. The fourth-order valence-corrected chi connectivity index (χ4v) is 1.49. The molecule has 13 heavy (non-hydrogen) atoms. The summed E-state index contributed by atoms with van der Waals surface area (Å²) < 4.78 is 0. The summed E-state index contributed by atoms with van der Waals surface area (Å²) in [6.45, 7) is 1.85. The van der Waals surface area contributed by atoms with Crippen molar-refractivity contribution < 1.29 is 0 Å². The van der Waals surface area contributed by atoms with E-state index in [1.807, 2.05) is 6.92 Å². The zero-order valence-electron chi connectivity index (χ0n) is 6.93. The van der Waals surface area contributed by atoms with Crippen molar-refractivity contribution in [1.29, 1.82) is 0 Å². The highest BCUT2D eigenvalue weighted by Gasteiger charge is 2.02. The van der Waals surface area contributed by atoms with E-state index in [9.17, 15) is 0 Å². The van der Waals surface area contributed by atoms with Crippen LogP contribution < -0.4 is 0 Å². The van der Waals surface area contributed by atoms with Gasteiger partial charge in [0.1, 0.15) is 10.9 Å². The van der Waals surface area contributed by atoms with Gasteiger partial charge in [0, 0.05) is 12.4 Å². The van der Waals surface area contributed by atoms with E-state index in [2.05, 4.69) is 25.1 Å². The number of aromatic nitrogens is 5. The molecule has 0 radical (unpaired) electrons. The van der Waals surface area contributed by atoms with Crippen molar-refractivity contribution in [1.82, 2.24) is 25.1 Å². The minimum atomic E-state index is 0.665. The average molecular weight is 193 g/mol. The second-order valence-electron chi connectivity index (χ2n) is 2.35. The molecule has 5 nitrogen and oxygen atoms in total. The van der Waals surface area contributed by atoms with Gasteiger partial charge in [-0.2, -0.15) is 0 Å². The van der Waals surface area contributed by atoms with E-state index in [0.717, 1.165) is 10.9 Å². The van der Waals surface area contributed by atoms with Crippen molar-refractivity contribution in [3.63, 3.8) is 0 Å². The lowest BCUT2D eigenvalue weighted by atomic mass is 10.8. The number of rotatable bonds is 2. The van der Waals surface area contributed by atoms with E-state index in [-0.39, 0.29) is 0 Å². The van der Waals surface area contributed by atoms with Crippen molar-refractivity contribution in [2.45, 2.75) is 17.1 Å². The Balaban J connectivity index is 2.15. The zero-order valence-corrected chi connectivity index (χ0v) is 7.75. The van der Waals surface area contributed by atoms with Crippen molar-refractivity contribution in [3.8, 4) is 0 Å². The maximum atomic E-state index is 4.13. The summed E-state index contributed by atoms with van der Waals surface area (Å²) in [7, 11) is 0. The molecule has 0 aromatic carbocycles. The molecular weight excluding hydrogens is 186 g/mol. The Bertz CT molecular complexity index is 385. The van der Waals surface area contributed by atoms with Crippen LogP contribution in [0.3, 0.4) is 0 Å². The molecule has 0 amide bonds. The molecule has 0 aliphatic carbocycles. The van der Waals surface area contributed by atoms with Gasteiger partial charge in [0.05, 0.1) is 6.20 Å². The largest absolute Gasteiger partial charge is 0.262 e. The summed E-state index contributed by atoms with van der Waals surface area (Å²) in [5.74, 6) is 0.798. The van der Waals surface area contributed by atoms with Gasteiger partial charge in [-0.3, -0.25) is 10.1 Å². The van der Waals surface area contributed by atoms with Crippen LogP contribution in [0.2, 0.25) is 0 Å². The molecule has 2 aromatic rings. The third-order valence-corrected chi connectivity index (χ3v) is 2.10. The quantitative estimate of drug-likeness (QED) is 0.772. The first-order valence-corrected chi connectivity index (χ1v) is 4.49. The van der Waals surface area contributed by atoms with Gasteiger partial charge >= 0.3 is 0 Å². The summed E-state index contributed by atoms with van der Waals surface area (Å²) >= 11 is 1.38. The second-order valence-corrected chi connectivity index (χ2v) is 3.34. The summed E-state index contributed by atoms with van der Waals surface area (Å²) in [6.07, 6.45) is 4.95. The van der Waals surface area contributed by atoms with Crippen molar-refractivity contribution >= 4 is 11.8 Å². The molecule has 2 rings (SSSR count). The van der Waals surface area contributed by atoms with E-state index < -0.39 is 0 Å². The molecule has 0 saturated heterocycles. The van der Waals surface area contributed by atoms with Crippen molar-refractivity contribution in [2.75, 3.05) is 0 Å². The molecule has 0 fully saturated rings. The Morgan fingerprint density at radius 1 is 1.38 bits per heavy atom. The molecule has 2 heterocycles. The van der Waals surface area contributed by atoms with Crippen LogP contribution in [0.1, 0.15) is 5.82 Å². The van der Waals surface area contributed by atoms with Crippen LogP contribution in [-0.4, -0.2) is 25.1 Å². The lowest BCUT2D eigenvalue weighted by Gasteiger charge is -1.91. The average Bonchev–Trinajstić information content (AvgIpc) is 2.53. The molecule has 66 valence electrons. The van der Waals surface area contributed by atoms with Crippen LogP contribution >= 0.6 is 11.8 Å². The number of nitrogens with one attached hydrogen (secondary N) is 1. The number of aromatic amines is 1. The van der Waals surface area contributed by atoms with E-state index in [0.29, 0.717) is 5.16 Å². The smallest absolute Gasteiger partial charge is 0.214 e. The van der Waals surface area contributed by atoms with Crippen LogP contribution in [0.5, 0.6) is 0 Å². The molecule has 0 bridgehead atoms. The molecular formula is C7H7N5S. The predicted molar refractivity (Wildman–Crippen MR) is 47.3 cm³/mol. The summed E-state index contributed by atoms with van der Waals surface area (Å²) in [4.78, 5) is 12.2. The minimum absolute atomic E-state index is 0.665. The van der Waals surface area contributed by atoms with Gasteiger partial charge in [-0.1, -0.05) is 0 Å². The Morgan fingerprint density at radius 2 is 2.31 bits per heavy atom. The topological polar surface area (TPSA) is 67.3 Å². The van der Waals surface area contributed by atoms with E-state index in [1.165, 1.54) is 11.8 Å². The van der Waals surface area contributed by atoms with Crippen molar-refractivity contribution in [3.05, 3.63) is 24.4 Å². The molecule has 0 spiro atoms. The number of nitrogens with zero attached hydrogens (tertiary/aromatic N) is 4. The van der Waals surface area contributed by atoms with E-state index >= 15 is 0 Å². The van der Waals surface area contributed by atoms with E-state index in [1.54, 1.807) is 18.6 Å². The lowest BCUT2D eigenvalue weighted by molar-refractivity contribution is 0.960. The van der Waals surface area contributed by atoms with Crippen molar-refractivity contribution in [2.24, 2.45) is 0 Å². The number of H-pyrrole nitrogens is 1. The summed E-state index contributed by atoms with van der Waals surface area (Å²) in [5, 5.41) is 8.19. The minimum Gasteiger partial charge on any atom is -0.262 e. The highest BCUT2D eigenvalue weighted by atomic mass is 32.2. The van der Waals surface area contributed by atoms with Gasteiger partial charge in [-0.25, -0.2) is 9.97 Å². The van der Waals surface area contributed by atoms with Crippen LogP contribution in [-0.2, 0) is 0 Å². The molecule has 0 aliphatic rings. The molecule has 0 aliphatic heterocycles. The first-order chi connectivity index (χ1) is 6.34. The third-order valence-electron chi connectivity index (χ3n) is 1.31. The third kappa shape index (κ3) is 2.03. The standard InChI is InChI=1S/C7H7N5S/c1-5-10-7(12-11-5)13-6-4-8-2-3-9-6/h2-4H,1H3,(H,10,11,12). The van der Waals surface area contributed by atoms with Crippen LogP contribution in [0, 0.1) is 6.92 Å².